The van der Waals surface area contributed by atoms with Gasteiger partial charge in [-0.25, -0.2) is 4.79 Å². The van der Waals surface area contributed by atoms with Crippen molar-refractivity contribution < 1.29 is 126 Å². The van der Waals surface area contributed by atoms with Crippen LogP contribution in [0.2, 0.25) is 0 Å². The minimum Gasteiger partial charge on any atom is -0.508 e. The van der Waals surface area contributed by atoms with Crippen LogP contribution in [0, 0.1) is 29.1 Å². The maximum atomic E-state index is 14.7. The molecule has 0 fully saturated rings. The summed E-state index contributed by atoms with van der Waals surface area (Å²) in [5, 5.41) is 101. The van der Waals surface area contributed by atoms with E-state index < -0.39 is 291 Å². The van der Waals surface area contributed by atoms with E-state index >= 15 is 0 Å². The highest BCUT2D eigenvalue weighted by Crippen LogP contribution is 2.18. The number of phenolic OH excluding ortho intramolecular Hbond substituents is 1. The maximum Gasteiger partial charge on any atom is 0.326 e. The number of carboxylic acid groups (broad SMARTS) is 3. The molecule has 0 unspecified atom stereocenters. The Morgan fingerprint density at radius 3 is 1.21 bits per heavy atom. The fraction of sp³-hybridized carbons (Fsp3) is 0.667. The molecular formula is C84H143N25O26. The molecule has 1 aromatic carbocycles. The van der Waals surface area contributed by atoms with E-state index in [-0.39, 0.29) is 113 Å². The van der Waals surface area contributed by atoms with Gasteiger partial charge in [-0.2, -0.15) is 0 Å². The number of hydrogen-bond donors (Lipinski definition) is 30. The van der Waals surface area contributed by atoms with Crippen LogP contribution in [-0.4, -0.2) is 299 Å². The normalized spacial score (nSPS) is 14.7. The topological polar surface area (TPSA) is 856 Å². The molecule has 1 rings (SSSR count). The lowest BCUT2D eigenvalue weighted by molar-refractivity contribution is -0.142. The van der Waals surface area contributed by atoms with Crippen molar-refractivity contribution in [1.82, 2.24) is 95.7 Å². The van der Waals surface area contributed by atoms with Crippen LogP contribution >= 0.6 is 0 Å². The van der Waals surface area contributed by atoms with Gasteiger partial charge in [0.2, 0.25) is 106 Å². The van der Waals surface area contributed by atoms with E-state index in [1.54, 1.807) is 41.5 Å². The Hall–Kier alpha value is -13.0. The zero-order chi connectivity index (χ0) is 102. The zero-order valence-electron chi connectivity index (χ0n) is 78.1. The van der Waals surface area contributed by atoms with E-state index in [1.807, 2.05) is 0 Å². The van der Waals surface area contributed by atoms with Gasteiger partial charge in [0.15, 0.2) is 5.96 Å². The average Bonchev–Trinajstić information content (AvgIpc) is 0.845. The van der Waals surface area contributed by atoms with E-state index in [2.05, 4.69) is 95.7 Å². The molecule has 0 saturated heterocycles. The summed E-state index contributed by atoms with van der Waals surface area (Å²) < 4.78 is 0. The Bertz CT molecular complexity index is 4140. The zero-order valence-corrected chi connectivity index (χ0v) is 78.1. The first-order valence-electron chi connectivity index (χ1n) is 44.8. The Labute approximate surface area is 782 Å². The quantitative estimate of drug-likeness (QED) is 0.0164. The summed E-state index contributed by atoms with van der Waals surface area (Å²) >= 11 is 0. The van der Waals surface area contributed by atoms with Crippen molar-refractivity contribution in [2.75, 3.05) is 52.4 Å². The summed E-state index contributed by atoms with van der Waals surface area (Å²) in [6, 6.07) is -18.6. The first kappa shape index (κ1) is 120. The van der Waals surface area contributed by atoms with E-state index in [4.69, 9.17) is 39.8 Å². The number of aliphatic hydroxyl groups is 1. The summed E-state index contributed by atoms with van der Waals surface area (Å²) in [6.45, 7) is 12.7. The molecule has 135 heavy (non-hydrogen) atoms. The first-order valence-corrected chi connectivity index (χ1v) is 44.8. The molecular weight excluding hydrogens is 1780 g/mol. The lowest BCUT2D eigenvalue weighted by Crippen LogP contribution is -2.62. The number of carbonyl (C=O) groups excluding carboxylic acids is 18. The lowest BCUT2D eigenvalue weighted by Gasteiger charge is -2.30. The highest BCUT2D eigenvalue weighted by Gasteiger charge is 2.40. The second-order valence-electron chi connectivity index (χ2n) is 33.8. The first-order chi connectivity index (χ1) is 63.4. The van der Waals surface area contributed by atoms with Crippen LogP contribution < -0.4 is 130 Å². The van der Waals surface area contributed by atoms with Crippen LogP contribution in [0.25, 0.3) is 0 Å². The van der Waals surface area contributed by atoms with Crippen LogP contribution in [0.5, 0.6) is 5.75 Å². The molecule has 0 aliphatic heterocycles. The number of aliphatic hydroxyl groups excluding tert-OH is 1. The number of unbranched alkanes of at least 4 members (excludes halogenated alkanes) is 3. The number of benzene rings is 1. The minimum absolute atomic E-state index is 0.00110. The standard InChI is InChI=1S/C84H143N25O26/c1-11-45(8)68(82(133)101-51(20-13-16-30-86)73(124)104-55(33-42(2)3)71(122)95-40-64(115)97-56(34-43(4)5)76(127)103-54(83(134)135)21-14-17-31-87)109-75(126)52(22-18-32-92-84(90)91)100-80(131)60(41-110)107-78(129)58(36-61(89)112)105-72(123)50(19-12-15-29-85)99-74(125)53(27-28-65(116)117)102-81(132)67(44(6)7)108-79(130)59(37-66(118)119)106-77(128)57(35-48-23-25-49(111)26-24-48)98-63(114)39-93-62(113)38-94-70(121)47(10)96-69(120)46(9)88/h23-26,42-47,50-60,67-68,110-111H,11-22,27-41,85-88H2,1-10H3,(H2,89,112)(H,93,113)(H,94,121)(H,95,122)(H,96,120)(H,97,115)(H,98,114)(H,99,125)(H,100,131)(H,101,133)(H,102,132)(H,103,127)(H,104,124)(H,105,123)(H,106,128)(H,107,129)(H,108,130)(H,109,126)(H,116,117)(H,118,119)(H,134,135)(H4,90,91,92)/t45-,46-,47-,50-,51-,52-,53-,54-,55-,56-,57-,58-,59-,60-,67-,68-/m0/s1. The van der Waals surface area contributed by atoms with Gasteiger partial charge >= 0.3 is 17.9 Å². The van der Waals surface area contributed by atoms with Crippen LogP contribution in [0.1, 0.15) is 190 Å². The molecule has 0 spiro atoms. The monoisotopic (exact) mass is 1920 g/mol. The van der Waals surface area contributed by atoms with Crippen molar-refractivity contribution in [3.63, 3.8) is 0 Å². The van der Waals surface area contributed by atoms with Crippen molar-refractivity contribution in [2.24, 2.45) is 58.1 Å². The van der Waals surface area contributed by atoms with Crippen molar-refractivity contribution >= 4 is 130 Å². The molecule has 51 nitrogen and oxygen atoms in total. The average molecular weight is 1920 g/mol. The number of primary amides is 1. The number of amides is 18. The molecule has 1 aromatic rings. The highest BCUT2D eigenvalue weighted by atomic mass is 16.4. The molecule has 0 heterocycles. The predicted molar refractivity (Wildman–Crippen MR) is 486 cm³/mol. The second-order valence-corrected chi connectivity index (χ2v) is 33.8. The summed E-state index contributed by atoms with van der Waals surface area (Å²) in [5.74, 6) is -26.2. The Morgan fingerprint density at radius 2 is 0.748 bits per heavy atom. The van der Waals surface area contributed by atoms with Gasteiger partial charge in [-0.3, -0.25) is 101 Å². The molecule has 760 valence electrons. The highest BCUT2D eigenvalue weighted by molar-refractivity contribution is 6.02. The Kier molecular flexibility index (Phi) is 56.8. The Balaban J connectivity index is 3.68. The van der Waals surface area contributed by atoms with E-state index in [0.29, 0.717) is 25.8 Å². The third-order valence-electron chi connectivity index (χ3n) is 20.7. The molecule has 0 radical (unpaired) electrons. The van der Waals surface area contributed by atoms with Gasteiger partial charge in [0.25, 0.3) is 0 Å². The predicted octanol–water partition coefficient (Wildman–Crippen LogP) is -8.83. The number of rotatable bonds is 68. The number of carboxylic acids is 3. The number of aromatic hydroxyl groups is 1. The molecule has 0 bridgehead atoms. The van der Waals surface area contributed by atoms with Crippen LogP contribution in [0.3, 0.4) is 0 Å². The third kappa shape index (κ3) is 49.0. The molecule has 16 atom stereocenters. The van der Waals surface area contributed by atoms with E-state index in [1.165, 1.54) is 52.0 Å². The van der Waals surface area contributed by atoms with Crippen LogP contribution in [-0.2, 0) is 107 Å². The molecule has 0 aliphatic carbocycles. The summed E-state index contributed by atoms with van der Waals surface area (Å²) in [5.41, 5.74) is 34.0. The van der Waals surface area contributed by atoms with Gasteiger partial charge in [0.05, 0.1) is 45.1 Å². The van der Waals surface area contributed by atoms with Crippen molar-refractivity contribution in [2.45, 2.75) is 282 Å². The fourth-order valence-corrected chi connectivity index (χ4v) is 13.0. The molecule has 0 aromatic heterocycles. The summed E-state index contributed by atoms with van der Waals surface area (Å²) in [6.07, 6.45) is -2.86. The summed E-state index contributed by atoms with van der Waals surface area (Å²) in [4.78, 5) is 285. The smallest absolute Gasteiger partial charge is 0.326 e. The number of nitrogens with two attached hydrogens (primary N) is 6. The van der Waals surface area contributed by atoms with E-state index in [9.17, 15) is 126 Å². The number of phenols is 1. The maximum absolute atomic E-state index is 14.7. The van der Waals surface area contributed by atoms with Gasteiger partial charge in [-0.15, -0.1) is 0 Å². The molecule has 0 saturated carbocycles. The van der Waals surface area contributed by atoms with Crippen LogP contribution in [0.4, 0.5) is 0 Å². The van der Waals surface area contributed by atoms with Gasteiger partial charge in [0, 0.05) is 19.4 Å². The fourth-order valence-electron chi connectivity index (χ4n) is 13.0. The molecule has 18 amide bonds. The van der Waals surface area contributed by atoms with Gasteiger partial charge in [0.1, 0.15) is 90.3 Å². The Morgan fingerprint density at radius 1 is 0.370 bits per heavy atom. The largest absolute Gasteiger partial charge is 0.508 e. The lowest BCUT2D eigenvalue weighted by atomic mass is 9.96. The van der Waals surface area contributed by atoms with Gasteiger partial charge in [-0.1, -0.05) is 73.9 Å². The number of guanidine groups is 1. The third-order valence-corrected chi connectivity index (χ3v) is 20.7. The number of aliphatic carboxylic acids is 3. The second kappa shape index (κ2) is 64.0. The molecule has 51 heteroatoms. The van der Waals surface area contributed by atoms with Gasteiger partial charge in [-0.05, 0) is 165 Å². The minimum atomic E-state index is -2.06. The number of carbonyl (C=O) groups is 21. The van der Waals surface area contributed by atoms with Crippen molar-refractivity contribution in [1.29, 1.82) is 5.41 Å². The SMILES string of the molecule is CC[C@H](C)[C@H](NC(=O)[C@H](CCCNC(=N)N)NC(=O)[C@H](CO)NC(=O)[C@H](CC(N)=O)NC(=O)[C@H](CCCCN)NC(=O)[C@H](CCC(=O)O)NC(=O)[C@@H](NC(=O)[C@H](CC(=O)O)NC(=O)[C@H](Cc1ccc(O)cc1)NC(=O)CNC(=O)CNC(=O)[C@H](C)NC(=O)[C@H](C)N)C(C)C)C(=O)N[C@@H](CCCCN)C(=O)N[C@@H](CC(C)C)C(=O)NCC(=O)N[C@@H](CC(C)C)C(=O)N[C@@H](CCCCN)C(=O)O. The molecule has 0 aliphatic rings. The van der Waals surface area contributed by atoms with Crippen LogP contribution in [0.15, 0.2) is 24.3 Å². The molecule has 36 N–H and O–H groups in total. The van der Waals surface area contributed by atoms with Crippen molar-refractivity contribution in [3.05, 3.63) is 29.8 Å². The van der Waals surface area contributed by atoms with Gasteiger partial charge < -0.3 is 156 Å². The number of hydrogen-bond acceptors (Lipinski definition) is 28. The number of nitrogens with one attached hydrogen (secondary N) is 19. The summed E-state index contributed by atoms with van der Waals surface area (Å²) in [7, 11) is 0. The van der Waals surface area contributed by atoms with Crippen molar-refractivity contribution in [3.8, 4) is 5.75 Å². The van der Waals surface area contributed by atoms with E-state index in [0.717, 1.165) is 0 Å².